The highest BCUT2D eigenvalue weighted by atomic mass is 16.7. The van der Waals surface area contributed by atoms with Crippen molar-refractivity contribution in [3.8, 4) is 0 Å². The highest BCUT2D eigenvalue weighted by Gasteiger charge is 2.32. The van der Waals surface area contributed by atoms with Gasteiger partial charge >= 0.3 is 6.16 Å². The molecular weight excluding hydrogens is 304 g/mol. The number of rotatable bonds is 14. The molecule has 24 heavy (non-hydrogen) atoms. The van der Waals surface area contributed by atoms with E-state index >= 15 is 0 Å². The normalized spacial score (nSPS) is 22.0. The van der Waals surface area contributed by atoms with Gasteiger partial charge in [-0.25, -0.2) is 4.79 Å². The van der Waals surface area contributed by atoms with Crippen molar-refractivity contribution in [1.82, 2.24) is 0 Å². The summed E-state index contributed by atoms with van der Waals surface area (Å²) in [5.74, 6) is 0. The van der Waals surface area contributed by atoms with Crippen molar-refractivity contribution in [3.05, 3.63) is 0 Å². The number of unbranched alkanes of at least 4 members (excludes halogenated alkanes) is 11. The molecule has 0 aliphatic carbocycles. The Morgan fingerprint density at radius 1 is 0.917 bits per heavy atom. The number of aliphatic hydroxyl groups excluding tert-OH is 1. The van der Waals surface area contributed by atoms with Crippen LogP contribution in [-0.4, -0.2) is 29.6 Å². The molecular formula is C20H38O4. The fraction of sp³-hybridized carbons (Fsp3) is 0.950. The lowest BCUT2D eigenvalue weighted by atomic mass is 10.00. The van der Waals surface area contributed by atoms with Gasteiger partial charge < -0.3 is 14.6 Å². The second-order valence-electron chi connectivity index (χ2n) is 7.30. The van der Waals surface area contributed by atoms with Gasteiger partial charge in [0.15, 0.2) is 0 Å². The predicted octanol–water partition coefficient (Wildman–Crippen LogP) is 5.75. The third kappa shape index (κ3) is 10.2. The van der Waals surface area contributed by atoms with Gasteiger partial charge in [0.05, 0.1) is 6.10 Å². The number of cyclic esters (lactones) is 2. The first-order valence-electron chi connectivity index (χ1n) is 10.2. The van der Waals surface area contributed by atoms with E-state index in [2.05, 4.69) is 6.92 Å². The van der Waals surface area contributed by atoms with Gasteiger partial charge in [-0.15, -0.1) is 0 Å². The molecule has 1 heterocycles. The van der Waals surface area contributed by atoms with Crippen LogP contribution in [0.2, 0.25) is 0 Å². The van der Waals surface area contributed by atoms with Gasteiger partial charge in [0.25, 0.3) is 0 Å². The summed E-state index contributed by atoms with van der Waals surface area (Å²) < 4.78 is 10.2. The molecule has 1 aliphatic heterocycles. The van der Waals surface area contributed by atoms with Gasteiger partial charge in [-0.2, -0.15) is 0 Å². The average Bonchev–Trinajstić information content (AvgIpc) is 2.55. The molecule has 1 N–H and O–H groups in total. The summed E-state index contributed by atoms with van der Waals surface area (Å²) in [4.78, 5) is 11.4. The summed E-state index contributed by atoms with van der Waals surface area (Å²) in [6, 6.07) is 0. The quantitative estimate of drug-likeness (QED) is 0.322. The molecule has 1 rings (SSSR count). The van der Waals surface area contributed by atoms with Gasteiger partial charge in [0.2, 0.25) is 0 Å². The summed E-state index contributed by atoms with van der Waals surface area (Å²) in [5, 5.41) is 9.55. The molecule has 0 aromatic rings. The Morgan fingerprint density at radius 3 is 1.92 bits per heavy atom. The second-order valence-corrected chi connectivity index (χ2v) is 7.30. The molecule has 1 fully saturated rings. The highest BCUT2D eigenvalue weighted by Crippen LogP contribution is 2.22. The van der Waals surface area contributed by atoms with Crippen LogP contribution in [-0.2, 0) is 9.47 Å². The van der Waals surface area contributed by atoms with Gasteiger partial charge in [0, 0.05) is 6.42 Å². The van der Waals surface area contributed by atoms with Crippen molar-refractivity contribution < 1.29 is 19.4 Å². The molecule has 1 aliphatic rings. The minimum absolute atomic E-state index is 0.0889. The third-order valence-electron chi connectivity index (χ3n) is 4.92. The Hall–Kier alpha value is -0.770. The summed E-state index contributed by atoms with van der Waals surface area (Å²) >= 11 is 0. The molecule has 1 saturated heterocycles. The number of aliphatic hydroxyl groups is 1. The lowest BCUT2D eigenvalue weighted by Gasteiger charge is -2.30. The topological polar surface area (TPSA) is 55.8 Å². The van der Waals surface area contributed by atoms with E-state index in [1.165, 1.54) is 70.6 Å². The fourth-order valence-electron chi connectivity index (χ4n) is 3.33. The van der Waals surface area contributed by atoms with Crippen LogP contribution in [0.4, 0.5) is 4.79 Å². The largest absolute Gasteiger partial charge is 0.508 e. The standard InChI is InChI=1S/C20H38O4/c1-3-4-5-6-7-8-9-10-11-12-13-14-15-18-16-19(17(2)21)24-20(22)23-18/h17-19,21H,3-16H2,1-2H3/t17-,18+,19-/m0/s1. The van der Waals surface area contributed by atoms with E-state index in [4.69, 9.17) is 9.47 Å². The van der Waals surface area contributed by atoms with Crippen LogP contribution in [0, 0.1) is 0 Å². The molecule has 0 saturated carbocycles. The fourth-order valence-corrected chi connectivity index (χ4v) is 3.33. The molecule has 0 bridgehead atoms. The van der Waals surface area contributed by atoms with E-state index in [0.29, 0.717) is 6.42 Å². The van der Waals surface area contributed by atoms with Gasteiger partial charge in [-0.1, -0.05) is 77.6 Å². The minimum Gasteiger partial charge on any atom is -0.431 e. The summed E-state index contributed by atoms with van der Waals surface area (Å²) in [7, 11) is 0. The first-order chi connectivity index (χ1) is 11.6. The number of ether oxygens (including phenoxy) is 2. The van der Waals surface area contributed by atoms with Crippen LogP contribution in [0.25, 0.3) is 0 Å². The Balaban J connectivity index is 1.90. The number of carbonyl (C=O) groups excluding carboxylic acids is 1. The SMILES string of the molecule is CCCCCCCCCCCCCC[C@@H]1C[C@@H]([C@H](C)O)OC(=O)O1. The smallest absolute Gasteiger partial charge is 0.431 e. The van der Waals surface area contributed by atoms with Crippen molar-refractivity contribution in [2.45, 2.75) is 122 Å². The number of hydrogen-bond acceptors (Lipinski definition) is 4. The van der Waals surface area contributed by atoms with Crippen molar-refractivity contribution in [3.63, 3.8) is 0 Å². The molecule has 0 radical (unpaired) electrons. The molecule has 0 unspecified atom stereocenters. The number of hydrogen-bond donors (Lipinski definition) is 1. The maximum atomic E-state index is 11.4. The molecule has 0 aromatic carbocycles. The van der Waals surface area contributed by atoms with E-state index in [1.54, 1.807) is 6.92 Å². The monoisotopic (exact) mass is 342 g/mol. The van der Waals surface area contributed by atoms with E-state index in [0.717, 1.165) is 12.8 Å². The zero-order chi connectivity index (χ0) is 17.6. The predicted molar refractivity (Wildman–Crippen MR) is 97.1 cm³/mol. The van der Waals surface area contributed by atoms with E-state index in [1.807, 2.05) is 0 Å². The first-order valence-corrected chi connectivity index (χ1v) is 10.2. The average molecular weight is 343 g/mol. The maximum absolute atomic E-state index is 11.4. The summed E-state index contributed by atoms with van der Waals surface area (Å²) in [6.07, 6.45) is 15.7. The molecule has 142 valence electrons. The van der Waals surface area contributed by atoms with E-state index in [9.17, 15) is 9.90 Å². The molecule has 0 amide bonds. The Morgan fingerprint density at radius 2 is 1.42 bits per heavy atom. The summed E-state index contributed by atoms with van der Waals surface area (Å²) in [6.45, 7) is 3.92. The molecule has 0 spiro atoms. The highest BCUT2D eigenvalue weighted by molar-refractivity contribution is 5.61. The molecule has 4 nitrogen and oxygen atoms in total. The van der Waals surface area contributed by atoms with Crippen molar-refractivity contribution in [2.24, 2.45) is 0 Å². The van der Waals surface area contributed by atoms with Gasteiger partial charge in [-0.05, 0) is 19.8 Å². The Bertz CT molecular complexity index is 317. The third-order valence-corrected chi connectivity index (χ3v) is 4.92. The zero-order valence-corrected chi connectivity index (χ0v) is 15.8. The lowest BCUT2D eigenvalue weighted by molar-refractivity contribution is -0.0965. The summed E-state index contributed by atoms with van der Waals surface area (Å²) in [5.41, 5.74) is 0. The van der Waals surface area contributed by atoms with Gasteiger partial charge in [-0.3, -0.25) is 0 Å². The molecule has 0 aromatic heterocycles. The molecule has 3 atom stereocenters. The zero-order valence-electron chi connectivity index (χ0n) is 15.8. The first kappa shape index (κ1) is 21.3. The van der Waals surface area contributed by atoms with Crippen molar-refractivity contribution in [2.75, 3.05) is 0 Å². The van der Waals surface area contributed by atoms with Crippen molar-refractivity contribution >= 4 is 6.16 Å². The lowest BCUT2D eigenvalue weighted by Crippen LogP contribution is -2.40. The van der Waals surface area contributed by atoms with Crippen molar-refractivity contribution in [1.29, 1.82) is 0 Å². The van der Waals surface area contributed by atoms with Crippen LogP contribution in [0.1, 0.15) is 104 Å². The Labute approximate surface area is 148 Å². The van der Waals surface area contributed by atoms with Gasteiger partial charge in [0.1, 0.15) is 12.2 Å². The van der Waals surface area contributed by atoms with E-state index in [-0.39, 0.29) is 6.10 Å². The Kier molecular flexibility index (Phi) is 12.0. The van der Waals surface area contributed by atoms with Crippen LogP contribution in [0.5, 0.6) is 0 Å². The number of carbonyl (C=O) groups is 1. The second kappa shape index (κ2) is 13.5. The maximum Gasteiger partial charge on any atom is 0.508 e. The minimum atomic E-state index is -0.629. The van der Waals surface area contributed by atoms with Crippen LogP contribution < -0.4 is 0 Å². The molecule has 4 heteroatoms. The van der Waals surface area contributed by atoms with Crippen LogP contribution in [0.15, 0.2) is 0 Å². The van der Waals surface area contributed by atoms with Crippen LogP contribution >= 0.6 is 0 Å². The van der Waals surface area contributed by atoms with Crippen LogP contribution in [0.3, 0.4) is 0 Å². The van der Waals surface area contributed by atoms with E-state index < -0.39 is 18.4 Å².